The zero-order valence-corrected chi connectivity index (χ0v) is 19.4. The lowest BCUT2D eigenvalue weighted by molar-refractivity contribution is -0.235. The monoisotopic (exact) mass is 481 g/mol. The van der Waals surface area contributed by atoms with Gasteiger partial charge in [0.1, 0.15) is 17.3 Å². The van der Waals surface area contributed by atoms with Crippen molar-refractivity contribution in [1.82, 2.24) is 5.16 Å². The molecular weight excluding hydrogens is 457 g/mol. The summed E-state index contributed by atoms with van der Waals surface area (Å²) in [6.45, 7) is 5.94. The number of benzene rings is 1. The molecule has 0 spiro atoms. The van der Waals surface area contributed by atoms with Crippen LogP contribution in [0.5, 0.6) is 5.75 Å². The van der Waals surface area contributed by atoms with Gasteiger partial charge in [0, 0.05) is 17.4 Å². The lowest BCUT2D eigenvalue weighted by atomic mass is 9.65. The summed E-state index contributed by atoms with van der Waals surface area (Å²) < 4.78 is 25.2. The van der Waals surface area contributed by atoms with Gasteiger partial charge in [-0.2, -0.15) is 0 Å². The molecule has 9 nitrogen and oxygen atoms in total. The molecule has 2 heterocycles. The lowest BCUT2D eigenvalue weighted by Gasteiger charge is -2.54. The van der Waals surface area contributed by atoms with E-state index >= 15 is 0 Å². The van der Waals surface area contributed by atoms with Crippen molar-refractivity contribution in [1.29, 1.82) is 0 Å². The predicted molar refractivity (Wildman–Crippen MR) is 115 cm³/mol. The number of aryl methyl sites for hydroxylation is 2. The maximum absolute atomic E-state index is 14.2. The minimum Gasteiger partial charge on any atom is -0.475 e. The summed E-state index contributed by atoms with van der Waals surface area (Å²) in [5, 5.41) is 37.5. The number of rotatable bonds is 6. The number of ketones is 3. The summed E-state index contributed by atoms with van der Waals surface area (Å²) in [4.78, 5) is 37.4. The topological polar surface area (TPSA) is 147 Å². The largest absolute Gasteiger partial charge is 0.475 e. The number of thioether (sulfide) groups is 1. The fraction of sp³-hybridized carbons (Fsp3) is 0.455. The first-order valence-electron chi connectivity index (χ1n) is 9.93. The first-order valence-corrected chi connectivity index (χ1v) is 11.0. The third-order valence-electron chi connectivity index (χ3n) is 6.04. The highest BCUT2D eigenvalue weighted by Crippen LogP contribution is 2.50. The first kappa shape index (κ1) is 25.0. The molecule has 0 bridgehead atoms. The van der Waals surface area contributed by atoms with E-state index in [1.165, 1.54) is 12.1 Å². The second-order valence-electron chi connectivity index (χ2n) is 8.11. The van der Waals surface area contributed by atoms with Gasteiger partial charge in [0.15, 0.2) is 34.0 Å². The highest BCUT2D eigenvalue weighted by molar-refractivity contribution is 8.00. The van der Waals surface area contributed by atoms with Crippen molar-refractivity contribution in [2.75, 3.05) is 5.75 Å². The Hall–Kier alpha value is -2.60. The molecule has 1 fully saturated rings. The molecule has 0 amide bonds. The minimum absolute atomic E-state index is 0.138. The molecular formula is C22H24FNO8S. The number of carbonyl (C=O) groups excluding carboxylic acids is 3. The number of halogens is 1. The third kappa shape index (κ3) is 3.50. The zero-order chi connectivity index (χ0) is 24.9. The SMILES string of the molecule is CC(=O)[C@]1(O)[C@@](O)(C(C)=O)CS[C@H](Oc2cc(F)ccc2-c2c(C)noc2C)[C@@]1(O)C(C)=O. The molecule has 4 atom stereocenters. The van der Waals surface area contributed by atoms with Gasteiger partial charge in [0.05, 0.1) is 11.3 Å². The van der Waals surface area contributed by atoms with E-state index in [2.05, 4.69) is 5.16 Å². The van der Waals surface area contributed by atoms with Gasteiger partial charge in [-0.15, -0.1) is 11.8 Å². The number of Topliss-reactive ketones (excluding diaryl/α,β-unsaturated/α-hetero) is 3. The Labute approximate surface area is 192 Å². The fourth-order valence-corrected chi connectivity index (χ4v) is 5.70. The summed E-state index contributed by atoms with van der Waals surface area (Å²) in [6.07, 6.45) is 0. The van der Waals surface area contributed by atoms with E-state index in [9.17, 15) is 34.1 Å². The van der Waals surface area contributed by atoms with Crippen LogP contribution in [-0.2, 0) is 14.4 Å². The molecule has 3 rings (SSSR count). The Morgan fingerprint density at radius 3 is 2.24 bits per heavy atom. The maximum atomic E-state index is 14.2. The van der Waals surface area contributed by atoms with Crippen LogP contribution in [-0.4, -0.2) is 65.8 Å². The van der Waals surface area contributed by atoms with Crippen LogP contribution in [0.25, 0.3) is 11.1 Å². The van der Waals surface area contributed by atoms with Crippen molar-refractivity contribution in [2.24, 2.45) is 0 Å². The molecule has 178 valence electrons. The second kappa shape index (κ2) is 8.32. The predicted octanol–water partition coefficient (Wildman–Crippen LogP) is 1.51. The van der Waals surface area contributed by atoms with Crippen molar-refractivity contribution < 1.29 is 43.4 Å². The van der Waals surface area contributed by atoms with Crippen molar-refractivity contribution in [3.63, 3.8) is 0 Å². The van der Waals surface area contributed by atoms with Crippen molar-refractivity contribution in [3.05, 3.63) is 35.5 Å². The van der Waals surface area contributed by atoms with E-state index in [4.69, 9.17) is 9.26 Å². The minimum atomic E-state index is -3.22. The van der Waals surface area contributed by atoms with Crippen LogP contribution in [0.3, 0.4) is 0 Å². The number of ether oxygens (including phenoxy) is 1. The summed E-state index contributed by atoms with van der Waals surface area (Å²) in [6, 6.07) is 3.56. The van der Waals surface area contributed by atoms with Gasteiger partial charge in [-0.05, 0) is 46.8 Å². The standard InChI is InChI=1S/C22H24FNO8S/c1-10-18(11(2)32-24-10)16-7-6-15(23)8-17(16)31-19-21(29,13(4)26)22(30,14(5)27)20(28,9-33-19)12(3)25/h6-8,19,28-30H,9H2,1-5H3/t19-,20-,21-,22-/m0/s1. The Balaban J connectivity index is 2.20. The van der Waals surface area contributed by atoms with Gasteiger partial charge in [0.25, 0.3) is 0 Å². The van der Waals surface area contributed by atoms with Crippen LogP contribution >= 0.6 is 11.8 Å². The Morgan fingerprint density at radius 1 is 1.12 bits per heavy atom. The van der Waals surface area contributed by atoms with E-state index in [0.717, 1.165) is 26.8 Å². The van der Waals surface area contributed by atoms with E-state index in [1.54, 1.807) is 13.8 Å². The Kier molecular flexibility index (Phi) is 6.31. The van der Waals surface area contributed by atoms with Crippen LogP contribution in [0.4, 0.5) is 4.39 Å². The van der Waals surface area contributed by atoms with Crippen LogP contribution in [0.2, 0.25) is 0 Å². The molecule has 1 aromatic heterocycles. The molecule has 1 aliphatic rings. The highest BCUT2D eigenvalue weighted by atomic mass is 32.2. The molecule has 0 saturated carbocycles. The van der Waals surface area contributed by atoms with Crippen molar-refractivity contribution >= 4 is 29.1 Å². The van der Waals surface area contributed by atoms with Gasteiger partial charge >= 0.3 is 0 Å². The van der Waals surface area contributed by atoms with Crippen LogP contribution < -0.4 is 4.74 Å². The Morgan fingerprint density at radius 2 is 1.76 bits per heavy atom. The highest BCUT2D eigenvalue weighted by Gasteiger charge is 2.75. The molecule has 0 aliphatic carbocycles. The summed E-state index contributed by atoms with van der Waals surface area (Å²) >= 11 is 0.631. The number of carbonyl (C=O) groups is 3. The van der Waals surface area contributed by atoms with Gasteiger partial charge in [-0.25, -0.2) is 4.39 Å². The Bertz CT molecular complexity index is 1130. The molecule has 11 heteroatoms. The summed E-state index contributed by atoms with van der Waals surface area (Å²) in [5.74, 6) is -4.38. The molecule has 0 unspecified atom stereocenters. The molecule has 1 saturated heterocycles. The summed E-state index contributed by atoms with van der Waals surface area (Å²) in [7, 11) is 0. The lowest BCUT2D eigenvalue weighted by Crippen LogP contribution is -2.82. The van der Waals surface area contributed by atoms with E-state index in [-0.39, 0.29) is 5.75 Å². The molecule has 2 aromatic rings. The third-order valence-corrected chi connectivity index (χ3v) is 7.37. The smallest absolute Gasteiger partial charge is 0.208 e. The number of aromatic nitrogens is 1. The van der Waals surface area contributed by atoms with Crippen molar-refractivity contribution in [2.45, 2.75) is 56.9 Å². The maximum Gasteiger partial charge on any atom is 0.208 e. The normalized spacial score (nSPS) is 29.5. The zero-order valence-electron chi connectivity index (χ0n) is 18.6. The number of hydrogen-bond donors (Lipinski definition) is 3. The number of aliphatic hydroxyl groups is 3. The van der Waals surface area contributed by atoms with E-state index in [1.807, 2.05) is 0 Å². The molecule has 1 aliphatic heterocycles. The average Bonchev–Trinajstić information content (AvgIpc) is 3.06. The van der Waals surface area contributed by atoms with Crippen LogP contribution in [0.1, 0.15) is 32.2 Å². The van der Waals surface area contributed by atoms with Crippen molar-refractivity contribution in [3.8, 4) is 16.9 Å². The molecule has 1 aromatic carbocycles. The molecule has 3 N–H and O–H groups in total. The molecule has 33 heavy (non-hydrogen) atoms. The fourth-order valence-electron chi connectivity index (χ4n) is 4.15. The van der Waals surface area contributed by atoms with Crippen LogP contribution in [0.15, 0.2) is 22.7 Å². The second-order valence-corrected chi connectivity index (χ2v) is 9.16. The average molecular weight is 481 g/mol. The first-order chi connectivity index (χ1) is 15.2. The van der Waals surface area contributed by atoms with Gasteiger partial charge < -0.3 is 24.6 Å². The van der Waals surface area contributed by atoms with Gasteiger partial charge in [-0.1, -0.05) is 5.16 Å². The van der Waals surface area contributed by atoms with E-state index < -0.39 is 51.2 Å². The van der Waals surface area contributed by atoms with Gasteiger partial charge in [-0.3, -0.25) is 14.4 Å². The molecule has 0 radical (unpaired) electrons. The van der Waals surface area contributed by atoms with Gasteiger partial charge in [0.2, 0.25) is 5.60 Å². The quantitative estimate of drug-likeness (QED) is 0.555. The number of hydrogen-bond acceptors (Lipinski definition) is 10. The van der Waals surface area contributed by atoms with E-state index in [0.29, 0.717) is 34.3 Å². The van der Waals surface area contributed by atoms with Crippen LogP contribution in [0, 0.1) is 19.7 Å². The summed E-state index contributed by atoms with van der Waals surface area (Å²) in [5.41, 5.74) is -9.46. The number of nitrogens with zero attached hydrogens (tertiary/aromatic N) is 1.